The van der Waals surface area contributed by atoms with Gasteiger partial charge in [-0.25, -0.2) is 13.4 Å². The fourth-order valence-electron chi connectivity index (χ4n) is 3.19. The van der Waals surface area contributed by atoms with E-state index in [2.05, 4.69) is 37.9 Å². The molecule has 3 rings (SSSR count). The first-order valence-electron chi connectivity index (χ1n) is 8.86. The Labute approximate surface area is 151 Å². The van der Waals surface area contributed by atoms with Crippen LogP contribution >= 0.6 is 0 Å². The van der Waals surface area contributed by atoms with Gasteiger partial charge in [0.25, 0.3) is 10.0 Å². The molecule has 1 aliphatic rings. The lowest BCUT2D eigenvalue weighted by Gasteiger charge is -2.26. The molecule has 0 spiro atoms. The Balaban J connectivity index is 2.01. The van der Waals surface area contributed by atoms with Crippen molar-refractivity contribution < 1.29 is 8.42 Å². The fraction of sp³-hybridized carbons (Fsp3) is 0.450. The van der Waals surface area contributed by atoms with Crippen molar-refractivity contribution >= 4 is 10.0 Å². The van der Waals surface area contributed by atoms with E-state index in [9.17, 15) is 8.42 Å². The van der Waals surface area contributed by atoms with Crippen molar-refractivity contribution in [3.05, 3.63) is 48.2 Å². The predicted octanol–water partition coefficient (Wildman–Crippen LogP) is 4.22. The minimum Gasteiger partial charge on any atom is -0.243 e. The van der Waals surface area contributed by atoms with Crippen LogP contribution in [0.2, 0.25) is 0 Å². The van der Waals surface area contributed by atoms with Crippen molar-refractivity contribution in [3.63, 3.8) is 0 Å². The molecule has 0 aliphatic carbocycles. The molecular weight excluding hydrogens is 332 g/mol. The smallest absolute Gasteiger partial charge is 0.243 e. The Morgan fingerprint density at radius 2 is 1.60 bits per heavy atom. The van der Waals surface area contributed by atoms with Gasteiger partial charge >= 0.3 is 0 Å². The van der Waals surface area contributed by atoms with Gasteiger partial charge in [-0.15, -0.1) is 0 Å². The van der Waals surface area contributed by atoms with Gasteiger partial charge in [0.15, 0.2) is 5.03 Å². The van der Waals surface area contributed by atoms with E-state index in [0.717, 1.165) is 24.8 Å². The molecule has 0 bridgehead atoms. The van der Waals surface area contributed by atoms with Gasteiger partial charge in [0.2, 0.25) is 0 Å². The van der Waals surface area contributed by atoms with Gasteiger partial charge in [-0.1, -0.05) is 51.5 Å². The number of hydrogen-bond donors (Lipinski definition) is 0. The highest BCUT2D eigenvalue weighted by molar-refractivity contribution is 7.89. The number of hydrogen-bond acceptors (Lipinski definition) is 3. The normalized spacial score (nSPS) is 16.8. The molecule has 2 aromatic rings. The summed E-state index contributed by atoms with van der Waals surface area (Å²) in [7, 11) is -3.56. The lowest BCUT2D eigenvalue weighted by Crippen LogP contribution is -2.36. The van der Waals surface area contributed by atoms with Gasteiger partial charge in [-0.3, -0.25) is 0 Å². The lowest BCUT2D eigenvalue weighted by atomic mass is 9.86. The van der Waals surface area contributed by atoms with Crippen molar-refractivity contribution in [1.82, 2.24) is 9.29 Å². The molecule has 1 fully saturated rings. The number of rotatable bonds is 3. The summed E-state index contributed by atoms with van der Waals surface area (Å²) >= 11 is 0. The first-order chi connectivity index (χ1) is 11.8. The first-order valence-corrected chi connectivity index (χ1v) is 10.3. The zero-order chi connectivity index (χ0) is 18.1. The topological polar surface area (TPSA) is 50.3 Å². The summed E-state index contributed by atoms with van der Waals surface area (Å²) in [4.78, 5) is 4.24. The highest BCUT2D eigenvalue weighted by Crippen LogP contribution is 2.31. The molecule has 134 valence electrons. The second-order valence-corrected chi connectivity index (χ2v) is 9.50. The number of piperidine rings is 1. The number of sulfonamides is 1. The van der Waals surface area contributed by atoms with Crippen LogP contribution < -0.4 is 0 Å². The highest BCUT2D eigenvalue weighted by Gasteiger charge is 2.29. The average molecular weight is 359 g/mol. The standard InChI is InChI=1S/C20H26N2O2S/c1-20(2,3)17-11-9-16(10-12-17)18-8-7-13-21-19(18)25(23,24)22-14-5-4-6-15-22/h7-13H,4-6,14-15H2,1-3H3. The minimum absolute atomic E-state index is 0.0657. The van der Waals surface area contributed by atoms with Gasteiger partial charge in [0, 0.05) is 24.8 Å². The maximum atomic E-state index is 13.1. The summed E-state index contributed by atoms with van der Waals surface area (Å²) < 4.78 is 27.7. The zero-order valence-electron chi connectivity index (χ0n) is 15.2. The fourth-order valence-corrected chi connectivity index (χ4v) is 4.83. The molecule has 25 heavy (non-hydrogen) atoms. The van der Waals surface area contributed by atoms with Gasteiger partial charge < -0.3 is 0 Å². The van der Waals surface area contributed by atoms with E-state index in [-0.39, 0.29) is 10.4 Å². The molecule has 0 atom stereocenters. The number of pyridine rings is 1. The summed E-state index contributed by atoms with van der Waals surface area (Å²) in [6, 6.07) is 11.8. The maximum absolute atomic E-state index is 13.1. The molecule has 1 aromatic heterocycles. The van der Waals surface area contributed by atoms with E-state index in [1.807, 2.05) is 18.2 Å². The molecule has 2 heterocycles. The summed E-state index contributed by atoms with van der Waals surface area (Å²) in [5.74, 6) is 0. The van der Waals surface area contributed by atoms with Crippen LogP contribution in [-0.2, 0) is 15.4 Å². The SMILES string of the molecule is CC(C)(C)c1ccc(-c2cccnc2S(=O)(=O)N2CCCCC2)cc1. The van der Waals surface area contributed by atoms with Crippen molar-refractivity contribution in [2.45, 2.75) is 50.5 Å². The highest BCUT2D eigenvalue weighted by atomic mass is 32.2. The van der Waals surface area contributed by atoms with Crippen LogP contribution in [0.1, 0.15) is 45.6 Å². The molecular formula is C20H26N2O2S. The molecule has 0 N–H and O–H groups in total. The molecule has 0 amide bonds. The molecule has 1 aromatic carbocycles. The lowest BCUT2D eigenvalue weighted by molar-refractivity contribution is 0.345. The van der Waals surface area contributed by atoms with Gasteiger partial charge in [-0.05, 0) is 41.5 Å². The van der Waals surface area contributed by atoms with Gasteiger partial charge in [-0.2, -0.15) is 4.31 Å². The third kappa shape index (κ3) is 3.77. The number of aromatic nitrogens is 1. The third-order valence-electron chi connectivity index (χ3n) is 4.73. The average Bonchev–Trinajstić information content (AvgIpc) is 2.62. The first kappa shape index (κ1) is 18.1. The zero-order valence-corrected chi connectivity index (χ0v) is 16.0. The number of nitrogens with zero attached hydrogens (tertiary/aromatic N) is 2. The molecule has 1 saturated heterocycles. The molecule has 5 heteroatoms. The van der Waals surface area contributed by atoms with Crippen molar-refractivity contribution in [2.75, 3.05) is 13.1 Å². The molecule has 1 aliphatic heterocycles. The molecule has 0 unspecified atom stereocenters. The van der Waals surface area contributed by atoms with Crippen LogP contribution in [0.15, 0.2) is 47.6 Å². The quantitative estimate of drug-likeness (QED) is 0.825. The molecule has 0 radical (unpaired) electrons. The second-order valence-electron chi connectivity index (χ2n) is 7.65. The van der Waals surface area contributed by atoms with E-state index >= 15 is 0 Å². The van der Waals surface area contributed by atoms with E-state index in [4.69, 9.17) is 0 Å². The Kier molecular flexibility index (Phi) is 4.98. The van der Waals surface area contributed by atoms with E-state index in [1.54, 1.807) is 16.6 Å². The summed E-state index contributed by atoms with van der Waals surface area (Å²) in [6.45, 7) is 7.66. The van der Waals surface area contributed by atoms with Crippen LogP contribution in [0.5, 0.6) is 0 Å². The van der Waals surface area contributed by atoms with E-state index < -0.39 is 10.0 Å². The largest absolute Gasteiger partial charge is 0.261 e. The van der Waals surface area contributed by atoms with Gasteiger partial charge in [0.1, 0.15) is 0 Å². The Bertz CT molecular complexity index is 831. The van der Waals surface area contributed by atoms with Crippen molar-refractivity contribution in [3.8, 4) is 11.1 Å². The van der Waals surface area contributed by atoms with Crippen LogP contribution in [0.3, 0.4) is 0 Å². The Morgan fingerprint density at radius 1 is 0.960 bits per heavy atom. The molecule has 4 nitrogen and oxygen atoms in total. The van der Waals surface area contributed by atoms with Crippen LogP contribution in [0, 0.1) is 0 Å². The predicted molar refractivity (Wildman–Crippen MR) is 101 cm³/mol. The molecule has 0 saturated carbocycles. The van der Waals surface area contributed by atoms with E-state index in [0.29, 0.717) is 18.7 Å². The van der Waals surface area contributed by atoms with Crippen molar-refractivity contribution in [1.29, 1.82) is 0 Å². The Morgan fingerprint density at radius 3 is 2.20 bits per heavy atom. The maximum Gasteiger partial charge on any atom is 0.261 e. The minimum atomic E-state index is -3.56. The third-order valence-corrected chi connectivity index (χ3v) is 6.59. The second kappa shape index (κ2) is 6.89. The van der Waals surface area contributed by atoms with Crippen molar-refractivity contribution in [2.24, 2.45) is 0 Å². The number of benzene rings is 1. The summed E-state index contributed by atoms with van der Waals surface area (Å²) in [5, 5.41) is 0.167. The summed E-state index contributed by atoms with van der Waals surface area (Å²) in [5.41, 5.74) is 2.85. The Hall–Kier alpha value is -1.72. The van der Waals surface area contributed by atoms with Crippen LogP contribution in [-0.4, -0.2) is 30.8 Å². The van der Waals surface area contributed by atoms with Gasteiger partial charge in [0.05, 0.1) is 0 Å². The van der Waals surface area contributed by atoms with Crippen LogP contribution in [0.25, 0.3) is 11.1 Å². The summed E-state index contributed by atoms with van der Waals surface area (Å²) in [6.07, 6.45) is 4.49. The monoisotopic (exact) mass is 358 g/mol. The van der Waals surface area contributed by atoms with Crippen LogP contribution in [0.4, 0.5) is 0 Å². The van der Waals surface area contributed by atoms with E-state index in [1.165, 1.54) is 5.56 Å².